The van der Waals surface area contributed by atoms with Crippen molar-refractivity contribution in [2.24, 2.45) is 0 Å². The normalized spacial score (nSPS) is 17.3. The number of anilines is 2. The van der Waals surface area contributed by atoms with Crippen LogP contribution in [0, 0.1) is 11.3 Å². The van der Waals surface area contributed by atoms with Crippen LogP contribution < -0.4 is 4.90 Å². The van der Waals surface area contributed by atoms with Crippen LogP contribution in [0.1, 0.15) is 18.2 Å². The Kier molecular flexibility index (Phi) is 2.45. The van der Waals surface area contributed by atoms with E-state index in [0.29, 0.717) is 11.7 Å². The summed E-state index contributed by atoms with van der Waals surface area (Å²) in [5.41, 5.74) is 2.89. The fourth-order valence-corrected chi connectivity index (χ4v) is 2.45. The van der Waals surface area contributed by atoms with E-state index in [1.54, 1.807) is 6.07 Å². The molecular formula is C14H12N4. The summed E-state index contributed by atoms with van der Waals surface area (Å²) in [7, 11) is 0. The molecule has 3 rings (SSSR count). The average molecular weight is 236 g/mol. The minimum atomic E-state index is 0.351. The van der Waals surface area contributed by atoms with E-state index in [9.17, 15) is 0 Å². The van der Waals surface area contributed by atoms with Crippen LogP contribution in [0.2, 0.25) is 0 Å². The number of nitrogens with zero attached hydrogens (tertiary/aromatic N) is 4. The van der Waals surface area contributed by atoms with Gasteiger partial charge < -0.3 is 4.90 Å². The molecule has 0 saturated heterocycles. The van der Waals surface area contributed by atoms with Gasteiger partial charge in [-0.05, 0) is 25.0 Å². The number of hydrogen-bond acceptors (Lipinski definition) is 4. The minimum Gasteiger partial charge on any atom is -0.323 e. The van der Waals surface area contributed by atoms with E-state index in [0.717, 1.165) is 12.2 Å². The monoisotopic (exact) mass is 236 g/mol. The lowest BCUT2D eigenvalue weighted by Gasteiger charge is -2.23. The maximum Gasteiger partial charge on any atom is 0.145 e. The van der Waals surface area contributed by atoms with Crippen molar-refractivity contribution >= 4 is 11.5 Å². The Balaban J connectivity index is 2.09. The number of fused-ring (bicyclic) bond motifs is 1. The van der Waals surface area contributed by atoms with E-state index in [4.69, 9.17) is 5.26 Å². The second-order valence-corrected chi connectivity index (χ2v) is 4.43. The molecule has 0 saturated carbocycles. The van der Waals surface area contributed by atoms with Crippen molar-refractivity contribution in [2.45, 2.75) is 19.4 Å². The average Bonchev–Trinajstić information content (AvgIpc) is 2.74. The van der Waals surface area contributed by atoms with E-state index in [-0.39, 0.29) is 0 Å². The Hall–Kier alpha value is -2.41. The third kappa shape index (κ3) is 1.61. The van der Waals surface area contributed by atoms with Crippen LogP contribution in [-0.2, 0) is 6.42 Å². The van der Waals surface area contributed by atoms with Crippen molar-refractivity contribution in [2.75, 3.05) is 4.90 Å². The Morgan fingerprint density at radius 1 is 1.33 bits per heavy atom. The molecule has 1 aliphatic heterocycles. The van der Waals surface area contributed by atoms with Crippen LogP contribution in [0.15, 0.2) is 36.7 Å². The minimum absolute atomic E-state index is 0.351. The molecule has 1 atom stereocenters. The number of benzene rings is 1. The molecule has 0 radical (unpaired) electrons. The fourth-order valence-electron chi connectivity index (χ4n) is 2.45. The Morgan fingerprint density at radius 2 is 2.17 bits per heavy atom. The predicted octanol–water partition coefficient (Wildman–Crippen LogP) is 2.43. The van der Waals surface area contributed by atoms with Gasteiger partial charge in [0.2, 0.25) is 0 Å². The summed E-state index contributed by atoms with van der Waals surface area (Å²) in [4.78, 5) is 10.4. The van der Waals surface area contributed by atoms with Gasteiger partial charge in [-0.2, -0.15) is 5.26 Å². The van der Waals surface area contributed by atoms with Crippen molar-refractivity contribution < 1.29 is 0 Å². The SMILES string of the molecule is C[C@@H]1Cc2ccccc2N1c1cc(C#N)ncn1. The predicted molar refractivity (Wildman–Crippen MR) is 68.5 cm³/mol. The largest absolute Gasteiger partial charge is 0.323 e. The van der Waals surface area contributed by atoms with Gasteiger partial charge in [-0.1, -0.05) is 18.2 Å². The van der Waals surface area contributed by atoms with Gasteiger partial charge in [-0.15, -0.1) is 0 Å². The number of rotatable bonds is 1. The summed E-state index contributed by atoms with van der Waals surface area (Å²) in [6.45, 7) is 2.16. The summed E-state index contributed by atoms with van der Waals surface area (Å²) in [6.07, 6.45) is 2.45. The van der Waals surface area contributed by atoms with Gasteiger partial charge in [0.25, 0.3) is 0 Å². The molecule has 0 amide bonds. The molecule has 2 aromatic rings. The van der Waals surface area contributed by atoms with E-state index < -0.39 is 0 Å². The molecule has 1 aliphatic rings. The summed E-state index contributed by atoms with van der Waals surface area (Å²) in [5.74, 6) is 0.791. The van der Waals surface area contributed by atoms with Crippen molar-refractivity contribution in [3.05, 3.63) is 47.9 Å². The highest BCUT2D eigenvalue weighted by Crippen LogP contribution is 2.36. The third-order valence-electron chi connectivity index (χ3n) is 3.22. The lowest BCUT2D eigenvalue weighted by atomic mass is 10.1. The first kappa shape index (κ1) is 10.7. The zero-order valence-electron chi connectivity index (χ0n) is 10.0. The third-order valence-corrected chi connectivity index (χ3v) is 3.22. The van der Waals surface area contributed by atoms with Gasteiger partial charge >= 0.3 is 0 Å². The Labute approximate surface area is 106 Å². The molecule has 0 N–H and O–H groups in total. The van der Waals surface area contributed by atoms with E-state index in [1.165, 1.54) is 17.6 Å². The van der Waals surface area contributed by atoms with E-state index in [1.807, 2.05) is 6.07 Å². The first-order valence-corrected chi connectivity index (χ1v) is 5.89. The lowest BCUT2D eigenvalue weighted by Crippen LogP contribution is -2.24. The number of para-hydroxylation sites is 1. The molecule has 4 heteroatoms. The molecule has 1 aromatic heterocycles. The fraction of sp³-hybridized carbons (Fsp3) is 0.214. The van der Waals surface area contributed by atoms with Crippen molar-refractivity contribution in [1.29, 1.82) is 5.26 Å². The molecule has 2 heterocycles. The topological polar surface area (TPSA) is 52.8 Å². The molecule has 4 nitrogen and oxygen atoms in total. The second kappa shape index (κ2) is 4.11. The smallest absolute Gasteiger partial charge is 0.145 e. The van der Waals surface area contributed by atoms with Gasteiger partial charge in [0.1, 0.15) is 23.9 Å². The zero-order valence-corrected chi connectivity index (χ0v) is 10.0. The summed E-state index contributed by atoms with van der Waals surface area (Å²) in [5, 5.41) is 8.91. The second-order valence-electron chi connectivity index (χ2n) is 4.43. The van der Waals surface area contributed by atoms with Crippen LogP contribution in [0.4, 0.5) is 11.5 Å². The molecule has 88 valence electrons. The van der Waals surface area contributed by atoms with Crippen molar-refractivity contribution in [1.82, 2.24) is 9.97 Å². The van der Waals surface area contributed by atoms with Crippen LogP contribution in [0.5, 0.6) is 0 Å². The van der Waals surface area contributed by atoms with Crippen molar-refractivity contribution in [3.8, 4) is 6.07 Å². The highest BCUT2D eigenvalue weighted by Gasteiger charge is 2.27. The molecule has 0 aliphatic carbocycles. The van der Waals surface area contributed by atoms with Gasteiger partial charge in [0, 0.05) is 17.8 Å². The van der Waals surface area contributed by atoms with Gasteiger partial charge in [-0.25, -0.2) is 9.97 Å². The van der Waals surface area contributed by atoms with E-state index >= 15 is 0 Å². The molecule has 0 fully saturated rings. The molecule has 1 aromatic carbocycles. The maximum absolute atomic E-state index is 8.91. The van der Waals surface area contributed by atoms with Gasteiger partial charge in [0.15, 0.2) is 0 Å². The summed E-state index contributed by atoms with van der Waals surface area (Å²) in [6, 6.07) is 12.4. The van der Waals surface area contributed by atoms with Crippen LogP contribution in [-0.4, -0.2) is 16.0 Å². The number of hydrogen-bond donors (Lipinski definition) is 0. The number of aromatic nitrogens is 2. The van der Waals surface area contributed by atoms with E-state index in [2.05, 4.69) is 46.1 Å². The first-order chi connectivity index (χ1) is 8.79. The highest BCUT2D eigenvalue weighted by molar-refractivity contribution is 5.69. The quantitative estimate of drug-likeness (QED) is 0.763. The molecule has 18 heavy (non-hydrogen) atoms. The van der Waals surface area contributed by atoms with Crippen LogP contribution >= 0.6 is 0 Å². The summed E-state index contributed by atoms with van der Waals surface area (Å²) < 4.78 is 0. The first-order valence-electron chi connectivity index (χ1n) is 5.89. The molecule has 0 unspecified atom stereocenters. The molecule has 0 spiro atoms. The number of nitriles is 1. The zero-order chi connectivity index (χ0) is 12.5. The van der Waals surface area contributed by atoms with Crippen LogP contribution in [0.3, 0.4) is 0 Å². The Morgan fingerprint density at radius 3 is 3.00 bits per heavy atom. The Bertz CT molecular complexity index is 630. The van der Waals surface area contributed by atoms with Gasteiger partial charge in [0.05, 0.1) is 0 Å². The maximum atomic E-state index is 8.91. The lowest BCUT2D eigenvalue weighted by molar-refractivity contribution is 0.748. The molecular weight excluding hydrogens is 224 g/mol. The molecule has 0 bridgehead atoms. The van der Waals surface area contributed by atoms with Crippen molar-refractivity contribution in [3.63, 3.8) is 0 Å². The highest BCUT2D eigenvalue weighted by atomic mass is 15.2. The van der Waals surface area contributed by atoms with Crippen LogP contribution in [0.25, 0.3) is 0 Å². The standard InChI is InChI=1S/C14H12N4/c1-10-6-11-4-2-3-5-13(11)18(10)14-7-12(8-15)16-9-17-14/h2-5,7,9-10H,6H2,1H3/t10-/m1/s1. The summed E-state index contributed by atoms with van der Waals surface area (Å²) >= 11 is 0. The van der Waals surface area contributed by atoms with Gasteiger partial charge in [-0.3, -0.25) is 0 Å².